The molecular formula is C20H28N2O3. The van der Waals surface area contributed by atoms with Crippen LogP contribution >= 0.6 is 0 Å². The molecule has 4 atom stereocenters. The Hall–Kier alpha value is -1.59. The smallest absolute Gasteiger partial charge is 0.315 e. The maximum absolute atomic E-state index is 12.7. The van der Waals surface area contributed by atoms with Gasteiger partial charge >= 0.3 is 6.03 Å². The maximum Gasteiger partial charge on any atom is 0.315 e. The predicted molar refractivity (Wildman–Crippen MR) is 95.1 cm³/mol. The second kappa shape index (κ2) is 6.96. The summed E-state index contributed by atoms with van der Waals surface area (Å²) in [5.74, 6) is 0.469. The number of aliphatic hydroxyl groups excluding tert-OH is 1. The minimum atomic E-state index is -0.165. The van der Waals surface area contributed by atoms with Gasteiger partial charge in [0.1, 0.15) is 0 Å². The minimum Gasteiger partial charge on any atom is -0.396 e. The normalized spacial score (nSPS) is 30.5. The van der Waals surface area contributed by atoms with Crippen molar-refractivity contribution in [2.45, 2.75) is 56.7 Å². The highest BCUT2D eigenvalue weighted by atomic mass is 16.5. The van der Waals surface area contributed by atoms with E-state index in [1.165, 1.54) is 12.8 Å². The molecule has 1 spiro atoms. The molecule has 5 nitrogen and oxygen atoms in total. The summed E-state index contributed by atoms with van der Waals surface area (Å²) in [6.45, 7) is 0.875. The van der Waals surface area contributed by atoms with E-state index in [-0.39, 0.29) is 30.1 Å². The summed E-state index contributed by atoms with van der Waals surface area (Å²) < 4.78 is 5.99. The standard InChI is InChI=1S/C20H28N2O3/c23-12-8-16(14-6-2-1-3-7-14)21-19(24)22-17-15-9-13-25-18(15)20(17)10-4-5-11-20/h1-3,6-7,15-18,23H,4-5,8-13H2,(H2,21,22,24)/t15?,16-,17?,18?/m1/s1. The van der Waals surface area contributed by atoms with Crippen LogP contribution in [0.3, 0.4) is 0 Å². The number of carbonyl (C=O) groups excluding carboxylic acids is 1. The van der Waals surface area contributed by atoms with Gasteiger partial charge in [-0.25, -0.2) is 4.79 Å². The number of carbonyl (C=O) groups is 1. The zero-order chi connectivity index (χ0) is 17.3. The Labute approximate surface area is 149 Å². The van der Waals surface area contributed by atoms with E-state index in [0.29, 0.717) is 18.4 Å². The first-order valence-corrected chi connectivity index (χ1v) is 9.59. The number of rotatable bonds is 5. The molecule has 4 rings (SSSR count). The van der Waals surface area contributed by atoms with Gasteiger partial charge in [0.05, 0.1) is 12.1 Å². The SMILES string of the molecule is O=C(NC1C2CCOC2C12CCCC2)N[C@H](CCO)c1ccccc1. The third kappa shape index (κ3) is 2.93. The molecule has 0 radical (unpaired) electrons. The van der Waals surface area contributed by atoms with Gasteiger partial charge < -0.3 is 20.5 Å². The first-order chi connectivity index (χ1) is 12.2. The molecule has 1 aliphatic heterocycles. The van der Waals surface area contributed by atoms with E-state index in [4.69, 9.17) is 4.74 Å². The first kappa shape index (κ1) is 16.9. The van der Waals surface area contributed by atoms with E-state index >= 15 is 0 Å². The van der Waals surface area contributed by atoms with Crippen LogP contribution in [-0.2, 0) is 4.74 Å². The zero-order valence-corrected chi connectivity index (χ0v) is 14.6. The van der Waals surface area contributed by atoms with Crippen LogP contribution in [-0.4, -0.2) is 36.5 Å². The van der Waals surface area contributed by atoms with E-state index in [1.54, 1.807) is 0 Å². The van der Waals surface area contributed by atoms with Crippen LogP contribution in [0.2, 0.25) is 0 Å². The molecule has 0 aromatic heterocycles. The van der Waals surface area contributed by atoms with E-state index in [2.05, 4.69) is 10.6 Å². The lowest BCUT2D eigenvalue weighted by Crippen LogP contribution is -2.69. The summed E-state index contributed by atoms with van der Waals surface area (Å²) in [5, 5.41) is 15.7. The van der Waals surface area contributed by atoms with Gasteiger partial charge in [-0.1, -0.05) is 43.2 Å². The molecule has 2 aliphatic carbocycles. The molecule has 136 valence electrons. The highest BCUT2D eigenvalue weighted by Crippen LogP contribution is 2.60. The molecule has 1 heterocycles. The van der Waals surface area contributed by atoms with Crippen molar-refractivity contribution in [2.24, 2.45) is 11.3 Å². The molecule has 3 N–H and O–H groups in total. The van der Waals surface area contributed by atoms with E-state index in [9.17, 15) is 9.90 Å². The molecule has 25 heavy (non-hydrogen) atoms. The Bertz CT molecular complexity index is 600. The third-order valence-electron chi connectivity index (χ3n) is 6.50. The Morgan fingerprint density at radius 2 is 2.04 bits per heavy atom. The Morgan fingerprint density at radius 1 is 1.28 bits per heavy atom. The van der Waals surface area contributed by atoms with Gasteiger partial charge in [-0.15, -0.1) is 0 Å². The highest BCUT2D eigenvalue weighted by Gasteiger charge is 2.65. The van der Waals surface area contributed by atoms with Gasteiger partial charge in [0.15, 0.2) is 0 Å². The molecule has 3 fully saturated rings. The number of fused-ring (bicyclic) bond motifs is 2. The van der Waals surface area contributed by atoms with E-state index in [0.717, 1.165) is 31.4 Å². The second-order valence-corrected chi connectivity index (χ2v) is 7.76. The fraction of sp³-hybridized carbons (Fsp3) is 0.650. The van der Waals surface area contributed by atoms with Crippen molar-refractivity contribution in [1.29, 1.82) is 0 Å². The highest BCUT2D eigenvalue weighted by molar-refractivity contribution is 5.75. The van der Waals surface area contributed by atoms with Crippen LogP contribution in [0.25, 0.3) is 0 Å². The summed E-state index contributed by atoms with van der Waals surface area (Å²) in [4.78, 5) is 12.7. The number of aliphatic hydroxyl groups is 1. The minimum absolute atomic E-state index is 0.0474. The molecule has 1 aromatic carbocycles. The number of amides is 2. The summed E-state index contributed by atoms with van der Waals surface area (Å²) in [5.41, 5.74) is 1.19. The van der Waals surface area contributed by atoms with Gasteiger partial charge in [-0.3, -0.25) is 0 Å². The van der Waals surface area contributed by atoms with Gasteiger partial charge in [-0.2, -0.15) is 0 Å². The Kier molecular flexibility index (Phi) is 4.69. The number of ether oxygens (including phenoxy) is 1. The number of hydrogen-bond donors (Lipinski definition) is 3. The number of urea groups is 1. The molecule has 2 saturated carbocycles. The van der Waals surface area contributed by atoms with Gasteiger partial charge in [0, 0.05) is 30.6 Å². The summed E-state index contributed by atoms with van der Waals surface area (Å²) in [6.07, 6.45) is 6.73. The Balaban J connectivity index is 1.42. The van der Waals surface area contributed by atoms with Crippen LogP contribution in [0, 0.1) is 11.3 Å². The lowest BCUT2D eigenvalue weighted by Gasteiger charge is -2.56. The lowest BCUT2D eigenvalue weighted by molar-refractivity contribution is -0.126. The van der Waals surface area contributed by atoms with Crippen molar-refractivity contribution in [1.82, 2.24) is 10.6 Å². The molecule has 3 aliphatic rings. The van der Waals surface area contributed by atoms with Gasteiger partial charge in [0.2, 0.25) is 0 Å². The molecule has 2 amide bonds. The summed E-state index contributed by atoms with van der Waals surface area (Å²) in [7, 11) is 0. The van der Waals surface area contributed by atoms with Crippen LogP contribution < -0.4 is 10.6 Å². The number of hydrogen-bond acceptors (Lipinski definition) is 3. The zero-order valence-electron chi connectivity index (χ0n) is 14.6. The maximum atomic E-state index is 12.7. The van der Waals surface area contributed by atoms with Gasteiger partial charge in [0.25, 0.3) is 0 Å². The second-order valence-electron chi connectivity index (χ2n) is 7.76. The van der Waals surface area contributed by atoms with Crippen molar-refractivity contribution in [2.75, 3.05) is 13.2 Å². The monoisotopic (exact) mass is 344 g/mol. The summed E-state index contributed by atoms with van der Waals surface area (Å²) >= 11 is 0. The third-order valence-corrected chi connectivity index (χ3v) is 6.50. The largest absolute Gasteiger partial charge is 0.396 e. The predicted octanol–water partition coefficient (Wildman–Crippen LogP) is 2.76. The van der Waals surface area contributed by atoms with Crippen molar-refractivity contribution in [3.05, 3.63) is 35.9 Å². The molecule has 1 aromatic rings. The van der Waals surface area contributed by atoms with Crippen LogP contribution in [0.15, 0.2) is 30.3 Å². The van der Waals surface area contributed by atoms with Crippen molar-refractivity contribution < 1.29 is 14.6 Å². The molecule has 0 bridgehead atoms. The molecule has 3 unspecified atom stereocenters. The fourth-order valence-electron chi connectivity index (χ4n) is 5.38. The average molecular weight is 344 g/mol. The average Bonchev–Trinajstić information content (AvgIpc) is 3.29. The van der Waals surface area contributed by atoms with E-state index < -0.39 is 0 Å². The first-order valence-electron chi connectivity index (χ1n) is 9.59. The van der Waals surface area contributed by atoms with Crippen molar-refractivity contribution in [3.63, 3.8) is 0 Å². The molecule has 1 saturated heterocycles. The molecular weight excluding hydrogens is 316 g/mol. The lowest BCUT2D eigenvalue weighted by atomic mass is 9.54. The topological polar surface area (TPSA) is 70.6 Å². The number of benzene rings is 1. The number of nitrogens with one attached hydrogen (secondary N) is 2. The Morgan fingerprint density at radius 3 is 2.76 bits per heavy atom. The van der Waals surface area contributed by atoms with Crippen LogP contribution in [0.4, 0.5) is 4.79 Å². The fourth-order valence-corrected chi connectivity index (χ4v) is 5.38. The van der Waals surface area contributed by atoms with Crippen molar-refractivity contribution in [3.8, 4) is 0 Å². The van der Waals surface area contributed by atoms with Crippen LogP contribution in [0.1, 0.15) is 50.1 Å². The van der Waals surface area contributed by atoms with E-state index in [1.807, 2.05) is 30.3 Å². The van der Waals surface area contributed by atoms with Crippen LogP contribution in [0.5, 0.6) is 0 Å². The van der Waals surface area contributed by atoms with Gasteiger partial charge in [-0.05, 0) is 31.2 Å². The quantitative estimate of drug-likeness (QED) is 0.769. The summed E-state index contributed by atoms with van der Waals surface area (Å²) in [6, 6.07) is 9.79. The molecule has 5 heteroatoms. The van der Waals surface area contributed by atoms with Crippen molar-refractivity contribution >= 4 is 6.03 Å².